The van der Waals surface area contributed by atoms with E-state index < -0.39 is 5.60 Å². The van der Waals surface area contributed by atoms with Crippen LogP contribution >= 0.6 is 15.9 Å². The van der Waals surface area contributed by atoms with E-state index in [4.69, 9.17) is 0 Å². The molecule has 2 aliphatic carbocycles. The minimum atomic E-state index is -0.587. The van der Waals surface area contributed by atoms with Crippen LogP contribution in [0.25, 0.3) is 0 Å². The highest BCUT2D eigenvalue weighted by Crippen LogP contribution is 2.51. The number of aliphatic hydroxyl groups is 1. The fraction of sp³-hybridized carbons (Fsp3) is 0.571. The van der Waals surface area contributed by atoms with E-state index in [2.05, 4.69) is 15.9 Å². The summed E-state index contributed by atoms with van der Waals surface area (Å²) in [5.74, 6) is 0.887. The summed E-state index contributed by atoms with van der Waals surface area (Å²) in [6.07, 6.45) is 5.04. The Morgan fingerprint density at radius 3 is 2.76 bits per heavy atom. The van der Waals surface area contributed by atoms with Gasteiger partial charge in [0.1, 0.15) is 5.82 Å². The standard InChI is InChI=1S/C14H16BrFO/c15-12-4-10(5-13(16)6-12)8-14(17)7-9-1-2-11(14)3-9/h4-6,9,11,17H,1-3,7-8H2. The Hall–Kier alpha value is -0.410. The van der Waals surface area contributed by atoms with Gasteiger partial charge >= 0.3 is 0 Å². The Morgan fingerprint density at radius 1 is 1.35 bits per heavy atom. The van der Waals surface area contributed by atoms with Gasteiger partial charge in [0.25, 0.3) is 0 Å². The summed E-state index contributed by atoms with van der Waals surface area (Å²) in [6, 6.07) is 4.90. The molecular formula is C14H16BrFO. The zero-order chi connectivity index (χ0) is 12.0. The van der Waals surface area contributed by atoms with Crippen LogP contribution in [0.1, 0.15) is 31.2 Å². The monoisotopic (exact) mass is 298 g/mol. The molecule has 2 bridgehead atoms. The Balaban J connectivity index is 1.82. The summed E-state index contributed by atoms with van der Waals surface area (Å²) in [4.78, 5) is 0. The molecule has 0 amide bonds. The van der Waals surface area contributed by atoms with Gasteiger partial charge in [0, 0.05) is 10.9 Å². The zero-order valence-corrected chi connectivity index (χ0v) is 11.2. The van der Waals surface area contributed by atoms with Crippen LogP contribution in [-0.2, 0) is 6.42 Å². The second-order valence-corrected chi connectivity index (χ2v) is 6.55. The van der Waals surface area contributed by atoms with E-state index >= 15 is 0 Å². The van der Waals surface area contributed by atoms with Crippen LogP contribution in [0.4, 0.5) is 4.39 Å². The summed E-state index contributed by atoms with van der Waals surface area (Å²) in [7, 11) is 0. The van der Waals surface area contributed by atoms with Crippen LogP contribution in [0.15, 0.2) is 22.7 Å². The lowest BCUT2D eigenvalue weighted by atomic mass is 9.80. The average Bonchev–Trinajstić information content (AvgIpc) is 2.74. The second kappa shape index (κ2) is 4.06. The molecule has 1 nitrogen and oxygen atoms in total. The van der Waals surface area contributed by atoms with Crippen LogP contribution in [-0.4, -0.2) is 10.7 Å². The van der Waals surface area contributed by atoms with Crippen molar-refractivity contribution in [1.82, 2.24) is 0 Å². The Labute approximate surface area is 109 Å². The number of hydrogen-bond donors (Lipinski definition) is 1. The fourth-order valence-electron chi connectivity index (χ4n) is 3.70. The lowest BCUT2D eigenvalue weighted by Crippen LogP contribution is -2.37. The van der Waals surface area contributed by atoms with E-state index in [1.807, 2.05) is 6.07 Å². The van der Waals surface area contributed by atoms with Crippen molar-refractivity contribution in [3.63, 3.8) is 0 Å². The summed E-state index contributed by atoms with van der Waals surface area (Å²) in [6.45, 7) is 0. The van der Waals surface area contributed by atoms with E-state index in [1.54, 1.807) is 0 Å². The average molecular weight is 299 g/mol. The molecule has 0 spiro atoms. The van der Waals surface area contributed by atoms with Crippen molar-refractivity contribution in [1.29, 1.82) is 0 Å². The van der Waals surface area contributed by atoms with Gasteiger partial charge in [-0.25, -0.2) is 4.39 Å². The van der Waals surface area contributed by atoms with Crippen molar-refractivity contribution in [2.45, 2.75) is 37.7 Å². The third-order valence-electron chi connectivity index (χ3n) is 4.38. The van der Waals surface area contributed by atoms with Crippen LogP contribution in [0.2, 0.25) is 0 Å². The lowest BCUT2D eigenvalue weighted by Gasteiger charge is -2.32. The summed E-state index contributed by atoms with van der Waals surface area (Å²) >= 11 is 3.30. The van der Waals surface area contributed by atoms with Gasteiger partial charge in [-0.15, -0.1) is 0 Å². The maximum absolute atomic E-state index is 13.3. The van der Waals surface area contributed by atoms with Crippen molar-refractivity contribution in [3.05, 3.63) is 34.1 Å². The molecular weight excluding hydrogens is 283 g/mol. The highest BCUT2D eigenvalue weighted by Gasteiger charge is 2.49. The SMILES string of the molecule is OC1(Cc2cc(F)cc(Br)c2)CC2CCC1C2. The summed E-state index contributed by atoms with van der Waals surface area (Å²) in [5.41, 5.74) is 0.308. The Bertz CT molecular complexity index is 428. The number of benzene rings is 1. The van der Waals surface area contributed by atoms with Crippen LogP contribution in [0, 0.1) is 17.7 Å². The smallest absolute Gasteiger partial charge is 0.124 e. The molecule has 0 saturated heterocycles. The quantitative estimate of drug-likeness (QED) is 0.883. The predicted molar refractivity (Wildman–Crippen MR) is 68.2 cm³/mol. The normalized spacial score (nSPS) is 35.5. The first-order valence-electron chi connectivity index (χ1n) is 6.22. The number of hydrogen-bond acceptors (Lipinski definition) is 1. The minimum Gasteiger partial charge on any atom is -0.389 e. The van der Waals surface area contributed by atoms with Gasteiger partial charge in [0.2, 0.25) is 0 Å². The highest BCUT2D eigenvalue weighted by atomic mass is 79.9. The third kappa shape index (κ3) is 2.15. The van der Waals surface area contributed by atoms with Crippen molar-refractivity contribution in [2.75, 3.05) is 0 Å². The van der Waals surface area contributed by atoms with Crippen molar-refractivity contribution in [3.8, 4) is 0 Å². The maximum Gasteiger partial charge on any atom is 0.124 e. The van der Waals surface area contributed by atoms with Crippen molar-refractivity contribution < 1.29 is 9.50 Å². The largest absolute Gasteiger partial charge is 0.389 e. The molecule has 3 heteroatoms. The molecule has 92 valence electrons. The Kier molecular flexibility index (Phi) is 2.79. The van der Waals surface area contributed by atoms with Crippen LogP contribution in [0.5, 0.6) is 0 Å². The third-order valence-corrected chi connectivity index (χ3v) is 4.83. The van der Waals surface area contributed by atoms with Gasteiger partial charge in [-0.1, -0.05) is 15.9 Å². The number of fused-ring (bicyclic) bond motifs is 2. The molecule has 2 fully saturated rings. The molecule has 0 radical (unpaired) electrons. The van der Waals surface area contributed by atoms with Gasteiger partial charge in [0.15, 0.2) is 0 Å². The molecule has 2 saturated carbocycles. The van der Waals surface area contributed by atoms with Gasteiger partial charge < -0.3 is 5.11 Å². The number of rotatable bonds is 2. The van der Waals surface area contributed by atoms with E-state index in [1.165, 1.54) is 18.6 Å². The summed E-state index contributed by atoms with van der Waals surface area (Å²) < 4.78 is 14.1. The van der Waals surface area contributed by atoms with Crippen LogP contribution in [0.3, 0.4) is 0 Å². The van der Waals surface area contributed by atoms with Crippen LogP contribution < -0.4 is 0 Å². The molecule has 2 aliphatic rings. The van der Waals surface area contributed by atoms with Gasteiger partial charge in [-0.2, -0.15) is 0 Å². The maximum atomic E-state index is 13.3. The second-order valence-electron chi connectivity index (χ2n) is 5.64. The van der Waals surface area contributed by atoms with Gasteiger partial charge in [0.05, 0.1) is 5.60 Å². The van der Waals surface area contributed by atoms with E-state index in [0.717, 1.165) is 29.3 Å². The first kappa shape index (κ1) is 11.7. The fourth-order valence-corrected chi connectivity index (χ4v) is 4.21. The molecule has 0 aromatic heterocycles. The first-order chi connectivity index (χ1) is 8.05. The van der Waals surface area contributed by atoms with Gasteiger partial charge in [-0.05, 0) is 61.3 Å². The van der Waals surface area contributed by atoms with Crippen molar-refractivity contribution >= 4 is 15.9 Å². The van der Waals surface area contributed by atoms with E-state index in [-0.39, 0.29) is 5.82 Å². The minimum absolute atomic E-state index is 0.235. The highest BCUT2D eigenvalue weighted by molar-refractivity contribution is 9.10. The Morgan fingerprint density at radius 2 is 2.18 bits per heavy atom. The molecule has 1 aromatic carbocycles. The number of halogens is 2. The molecule has 3 unspecified atom stereocenters. The van der Waals surface area contributed by atoms with Gasteiger partial charge in [-0.3, -0.25) is 0 Å². The molecule has 0 aliphatic heterocycles. The molecule has 0 heterocycles. The molecule has 3 atom stereocenters. The molecule has 17 heavy (non-hydrogen) atoms. The van der Waals surface area contributed by atoms with E-state index in [0.29, 0.717) is 18.3 Å². The van der Waals surface area contributed by atoms with E-state index in [9.17, 15) is 9.50 Å². The lowest BCUT2D eigenvalue weighted by molar-refractivity contribution is -0.0125. The topological polar surface area (TPSA) is 20.2 Å². The molecule has 3 rings (SSSR count). The predicted octanol–water partition coefficient (Wildman–Crippen LogP) is 3.68. The van der Waals surface area contributed by atoms with Crippen molar-refractivity contribution in [2.24, 2.45) is 11.8 Å². The first-order valence-corrected chi connectivity index (χ1v) is 7.02. The molecule has 1 N–H and O–H groups in total. The zero-order valence-electron chi connectivity index (χ0n) is 9.63. The summed E-state index contributed by atoms with van der Waals surface area (Å²) in [5, 5.41) is 10.7. The molecule has 1 aromatic rings.